The van der Waals surface area contributed by atoms with Gasteiger partial charge in [-0.25, -0.2) is 0 Å². The molecule has 3 rings (SSSR count). The van der Waals surface area contributed by atoms with Crippen molar-refractivity contribution in [1.82, 2.24) is 15.1 Å². The van der Waals surface area contributed by atoms with Gasteiger partial charge in [-0.2, -0.15) is 0 Å². The van der Waals surface area contributed by atoms with Crippen LogP contribution in [0.15, 0.2) is 42.5 Å². The molecule has 0 fully saturated rings. The highest BCUT2D eigenvalue weighted by Gasteiger charge is 2.24. The van der Waals surface area contributed by atoms with Crippen LogP contribution in [0, 0.1) is 10.1 Å². The van der Waals surface area contributed by atoms with Crippen LogP contribution in [0.4, 0.5) is 10.8 Å². The highest BCUT2D eigenvalue weighted by molar-refractivity contribution is 7.18. The summed E-state index contributed by atoms with van der Waals surface area (Å²) in [5.74, 6) is -0.746. The lowest BCUT2D eigenvalue weighted by Gasteiger charge is -2.28. The van der Waals surface area contributed by atoms with Gasteiger partial charge in [0.25, 0.3) is 11.6 Å². The monoisotopic (exact) mass is 521 g/mol. The minimum atomic E-state index is -0.638. The molecule has 178 valence electrons. The first-order valence-electron chi connectivity index (χ1n) is 10.3. The Morgan fingerprint density at radius 2 is 1.88 bits per heavy atom. The van der Waals surface area contributed by atoms with E-state index in [2.05, 4.69) is 15.5 Å². The Morgan fingerprint density at radius 3 is 2.53 bits per heavy atom. The molecule has 9 nitrogen and oxygen atoms in total. The highest BCUT2D eigenvalue weighted by atomic mass is 35.5. The second kappa shape index (κ2) is 11.4. The Labute approximate surface area is 209 Å². The molecule has 1 aromatic heterocycles. The number of carbonyl (C=O) groups excluding carboxylic acids is 2. The zero-order chi connectivity index (χ0) is 24.8. The highest BCUT2D eigenvalue weighted by Crippen LogP contribution is 2.28. The molecular weight excluding hydrogens is 501 g/mol. The molecule has 0 aliphatic rings. The molecule has 2 aromatic carbocycles. The van der Waals surface area contributed by atoms with Gasteiger partial charge in [0.05, 0.1) is 4.92 Å². The maximum Gasteiger partial charge on any atom is 0.288 e. The van der Waals surface area contributed by atoms with E-state index in [-0.39, 0.29) is 41.2 Å². The van der Waals surface area contributed by atoms with Crippen LogP contribution in [-0.4, -0.2) is 44.4 Å². The number of nitrogens with zero attached hydrogens (tertiary/aromatic N) is 4. The van der Waals surface area contributed by atoms with Crippen molar-refractivity contribution >= 4 is 57.2 Å². The molecule has 0 saturated carbocycles. The predicted molar refractivity (Wildman–Crippen MR) is 132 cm³/mol. The van der Waals surface area contributed by atoms with Gasteiger partial charge < -0.3 is 10.2 Å². The first kappa shape index (κ1) is 25.5. The van der Waals surface area contributed by atoms with Crippen molar-refractivity contribution in [1.29, 1.82) is 0 Å². The number of nitro groups is 1. The standard InChI is InChI=1S/C22H21Cl2N5O4S/c1-3-13(2)28(21(31)15-6-9-17(24)18(12-15)29(32)33)11-10-19(30)25-22-27-26-20(34-22)14-4-7-16(23)8-5-14/h4-9,12-13H,3,10-11H2,1-2H3,(H,25,27,30)/t13-/m1/s1. The van der Waals surface area contributed by atoms with Crippen LogP contribution < -0.4 is 5.32 Å². The quantitative estimate of drug-likeness (QED) is 0.285. The molecule has 0 aliphatic carbocycles. The fourth-order valence-electron chi connectivity index (χ4n) is 3.08. The van der Waals surface area contributed by atoms with E-state index in [9.17, 15) is 19.7 Å². The number of amides is 2. The fraction of sp³-hybridized carbons (Fsp3) is 0.273. The Kier molecular flexibility index (Phi) is 8.54. The second-order valence-corrected chi connectivity index (χ2v) is 9.22. The predicted octanol–water partition coefficient (Wildman–Crippen LogP) is 5.69. The van der Waals surface area contributed by atoms with Crippen molar-refractivity contribution in [3.8, 4) is 10.6 Å². The largest absolute Gasteiger partial charge is 0.335 e. The third-order valence-corrected chi connectivity index (χ3v) is 6.58. The molecule has 0 spiro atoms. The molecule has 1 heterocycles. The molecule has 2 amide bonds. The summed E-state index contributed by atoms with van der Waals surface area (Å²) < 4.78 is 0. The lowest BCUT2D eigenvalue weighted by atomic mass is 10.1. The first-order chi connectivity index (χ1) is 16.2. The van der Waals surface area contributed by atoms with Gasteiger partial charge in [0.15, 0.2) is 0 Å². The number of hydrogen-bond acceptors (Lipinski definition) is 7. The molecule has 1 atom stereocenters. The van der Waals surface area contributed by atoms with Gasteiger partial charge in [-0.15, -0.1) is 10.2 Å². The third-order valence-electron chi connectivity index (χ3n) is 5.12. The molecule has 0 saturated heterocycles. The Hall–Kier alpha value is -3.08. The summed E-state index contributed by atoms with van der Waals surface area (Å²) in [4.78, 5) is 37.7. The lowest BCUT2D eigenvalue weighted by molar-refractivity contribution is -0.384. The zero-order valence-electron chi connectivity index (χ0n) is 18.3. The van der Waals surface area contributed by atoms with Crippen LogP contribution in [0.1, 0.15) is 37.0 Å². The second-order valence-electron chi connectivity index (χ2n) is 7.40. The van der Waals surface area contributed by atoms with Crippen molar-refractivity contribution in [3.05, 3.63) is 68.2 Å². The van der Waals surface area contributed by atoms with Gasteiger partial charge in [0.2, 0.25) is 11.0 Å². The van der Waals surface area contributed by atoms with Gasteiger partial charge in [-0.1, -0.05) is 53.6 Å². The average molecular weight is 522 g/mol. The van der Waals surface area contributed by atoms with Crippen LogP contribution in [0.3, 0.4) is 0 Å². The van der Waals surface area contributed by atoms with Crippen LogP contribution in [-0.2, 0) is 4.79 Å². The van der Waals surface area contributed by atoms with Gasteiger partial charge in [0.1, 0.15) is 10.0 Å². The molecule has 0 aliphatic heterocycles. The van der Waals surface area contributed by atoms with Crippen molar-refractivity contribution in [2.24, 2.45) is 0 Å². The van der Waals surface area contributed by atoms with Gasteiger partial charge in [-0.05, 0) is 37.6 Å². The van der Waals surface area contributed by atoms with E-state index in [0.29, 0.717) is 21.6 Å². The van der Waals surface area contributed by atoms with Crippen molar-refractivity contribution < 1.29 is 14.5 Å². The number of benzene rings is 2. The maximum absolute atomic E-state index is 13.1. The van der Waals surface area contributed by atoms with Crippen LogP contribution in [0.25, 0.3) is 10.6 Å². The minimum Gasteiger partial charge on any atom is -0.335 e. The molecule has 3 aromatic rings. The molecule has 0 unspecified atom stereocenters. The third kappa shape index (κ3) is 6.28. The van der Waals surface area contributed by atoms with E-state index in [1.165, 1.54) is 28.4 Å². The number of halogens is 2. The van der Waals surface area contributed by atoms with Gasteiger partial charge in [-0.3, -0.25) is 19.7 Å². The summed E-state index contributed by atoms with van der Waals surface area (Å²) in [5.41, 5.74) is 0.614. The SMILES string of the molecule is CC[C@@H](C)N(CCC(=O)Nc1nnc(-c2ccc(Cl)cc2)s1)C(=O)c1ccc(Cl)c([N+](=O)[O-])c1. The summed E-state index contributed by atoms with van der Waals surface area (Å²) in [6.45, 7) is 3.89. The normalized spacial score (nSPS) is 11.6. The van der Waals surface area contributed by atoms with E-state index < -0.39 is 10.8 Å². The van der Waals surface area contributed by atoms with Gasteiger partial charge >= 0.3 is 0 Å². The minimum absolute atomic E-state index is 0.0155. The Bertz CT molecular complexity index is 1200. The summed E-state index contributed by atoms with van der Waals surface area (Å²) in [6, 6.07) is 10.8. The van der Waals surface area contributed by atoms with Crippen LogP contribution in [0.2, 0.25) is 10.0 Å². The number of carbonyl (C=O) groups is 2. The smallest absolute Gasteiger partial charge is 0.288 e. The molecule has 0 radical (unpaired) electrons. The number of hydrogen-bond donors (Lipinski definition) is 1. The Balaban J connectivity index is 1.67. The zero-order valence-corrected chi connectivity index (χ0v) is 20.7. The van der Waals surface area contributed by atoms with E-state index >= 15 is 0 Å². The van der Waals surface area contributed by atoms with Crippen molar-refractivity contribution in [3.63, 3.8) is 0 Å². The van der Waals surface area contributed by atoms with Crippen molar-refractivity contribution in [2.45, 2.75) is 32.7 Å². The molecule has 12 heteroatoms. The molecule has 1 N–H and O–H groups in total. The number of aromatic nitrogens is 2. The van der Waals surface area contributed by atoms with E-state index in [1.54, 1.807) is 12.1 Å². The average Bonchev–Trinajstić information content (AvgIpc) is 3.27. The number of anilines is 1. The van der Waals surface area contributed by atoms with Crippen molar-refractivity contribution in [2.75, 3.05) is 11.9 Å². The first-order valence-corrected chi connectivity index (χ1v) is 11.9. The van der Waals surface area contributed by atoms with E-state index in [1.807, 2.05) is 26.0 Å². The number of nitrogens with one attached hydrogen (secondary N) is 1. The summed E-state index contributed by atoms with van der Waals surface area (Å²) in [7, 11) is 0. The number of rotatable bonds is 9. The summed E-state index contributed by atoms with van der Waals surface area (Å²) in [5, 5.41) is 23.5. The van der Waals surface area contributed by atoms with E-state index in [0.717, 1.165) is 11.6 Å². The Morgan fingerprint density at radius 1 is 1.18 bits per heavy atom. The molecule has 34 heavy (non-hydrogen) atoms. The van der Waals surface area contributed by atoms with E-state index in [4.69, 9.17) is 23.2 Å². The fourth-order valence-corrected chi connectivity index (χ4v) is 4.16. The topological polar surface area (TPSA) is 118 Å². The lowest BCUT2D eigenvalue weighted by Crippen LogP contribution is -2.40. The summed E-state index contributed by atoms with van der Waals surface area (Å²) in [6.07, 6.45) is 0.658. The number of nitro benzene ring substituents is 1. The van der Waals surface area contributed by atoms with Crippen LogP contribution in [0.5, 0.6) is 0 Å². The molecule has 0 bridgehead atoms. The summed E-state index contributed by atoms with van der Waals surface area (Å²) >= 11 is 13.0. The molecular formula is C22H21Cl2N5O4S. The maximum atomic E-state index is 13.1. The van der Waals surface area contributed by atoms with Gasteiger partial charge in [0, 0.05) is 41.2 Å². The van der Waals surface area contributed by atoms with Crippen LogP contribution >= 0.6 is 34.5 Å².